The monoisotopic (exact) mass is 270 g/mol. The van der Waals surface area contributed by atoms with Gasteiger partial charge in [0.25, 0.3) is 0 Å². The molecule has 4 heteroatoms. The van der Waals surface area contributed by atoms with Gasteiger partial charge in [-0.25, -0.2) is 0 Å². The summed E-state index contributed by atoms with van der Waals surface area (Å²) in [4.78, 5) is 0. The van der Waals surface area contributed by atoms with Crippen LogP contribution in [0.3, 0.4) is 0 Å². The van der Waals surface area contributed by atoms with Gasteiger partial charge in [-0.2, -0.15) is 5.10 Å². The van der Waals surface area contributed by atoms with Crippen LogP contribution >= 0.6 is 27.5 Å². The molecule has 2 aromatic rings. The van der Waals surface area contributed by atoms with Crippen molar-refractivity contribution >= 4 is 27.5 Å². The first-order chi connectivity index (χ1) is 6.68. The van der Waals surface area contributed by atoms with E-state index in [-0.39, 0.29) is 0 Å². The van der Waals surface area contributed by atoms with E-state index in [1.54, 1.807) is 6.20 Å². The smallest absolute Gasteiger partial charge is 0.0661 e. The second-order valence-electron chi connectivity index (χ2n) is 3.05. The number of hydrogen-bond donors (Lipinski definition) is 1. The third kappa shape index (κ3) is 1.70. The van der Waals surface area contributed by atoms with E-state index in [4.69, 9.17) is 11.6 Å². The summed E-state index contributed by atoms with van der Waals surface area (Å²) in [5.41, 5.74) is 3.11. The zero-order chi connectivity index (χ0) is 10.1. The van der Waals surface area contributed by atoms with E-state index in [0.29, 0.717) is 0 Å². The van der Waals surface area contributed by atoms with Crippen molar-refractivity contribution in [3.63, 3.8) is 0 Å². The summed E-state index contributed by atoms with van der Waals surface area (Å²) in [5.74, 6) is 0. The number of nitrogens with zero attached hydrogens (tertiary/aromatic N) is 1. The van der Waals surface area contributed by atoms with Gasteiger partial charge < -0.3 is 0 Å². The molecule has 0 bridgehead atoms. The number of hydrogen-bond acceptors (Lipinski definition) is 1. The summed E-state index contributed by atoms with van der Waals surface area (Å²) in [6.45, 7) is 1.98. The van der Waals surface area contributed by atoms with Crippen molar-refractivity contribution < 1.29 is 0 Å². The van der Waals surface area contributed by atoms with E-state index < -0.39 is 0 Å². The molecule has 0 spiro atoms. The van der Waals surface area contributed by atoms with Crippen LogP contribution in [0.25, 0.3) is 11.3 Å². The molecule has 1 aromatic heterocycles. The molecule has 0 saturated heterocycles. The fourth-order valence-electron chi connectivity index (χ4n) is 1.27. The Kier molecular flexibility index (Phi) is 2.61. The molecule has 0 fully saturated rings. The maximum atomic E-state index is 5.99. The van der Waals surface area contributed by atoms with Crippen LogP contribution < -0.4 is 0 Å². The summed E-state index contributed by atoms with van der Waals surface area (Å²) in [6.07, 6.45) is 1.73. The SMILES string of the molecule is Cc1cc(-c2ccn[nH]2)c(Br)cc1Cl. The first kappa shape index (κ1) is 9.74. The zero-order valence-corrected chi connectivity index (χ0v) is 9.85. The minimum absolute atomic E-state index is 0.764. The minimum Gasteiger partial charge on any atom is -0.278 e. The third-order valence-electron chi connectivity index (χ3n) is 2.04. The molecule has 2 nitrogen and oxygen atoms in total. The topological polar surface area (TPSA) is 28.7 Å². The quantitative estimate of drug-likeness (QED) is 0.839. The number of rotatable bonds is 1. The van der Waals surface area contributed by atoms with Gasteiger partial charge in [0, 0.05) is 21.3 Å². The highest BCUT2D eigenvalue weighted by atomic mass is 79.9. The van der Waals surface area contributed by atoms with Gasteiger partial charge in [0.15, 0.2) is 0 Å². The van der Waals surface area contributed by atoms with Crippen molar-refractivity contribution in [3.8, 4) is 11.3 Å². The minimum atomic E-state index is 0.764. The lowest BCUT2D eigenvalue weighted by molar-refractivity contribution is 1.09. The van der Waals surface area contributed by atoms with Gasteiger partial charge in [-0.3, -0.25) is 5.10 Å². The molecule has 14 heavy (non-hydrogen) atoms. The van der Waals surface area contributed by atoms with Gasteiger partial charge in [-0.1, -0.05) is 27.5 Å². The lowest BCUT2D eigenvalue weighted by Crippen LogP contribution is -1.83. The molecule has 1 N–H and O–H groups in total. The van der Waals surface area contributed by atoms with Crippen LogP contribution in [0.15, 0.2) is 28.9 Å². The average molecular weight is 272 g/mol. The Balaban J connectivity index is 2.60. The number of nitrogens with one attached hydrogen (secondary N) is 1. The molecule has 0 aliphatic carbocycles. The number of aromatic nitrogens is 2. The summed E-state index contributed by atoms with van der Waals surface area (Å²) >= 11 is 9.46. The van der Waals surface area contributed by atoms with Crippen LogP contribution in [0.2, 0.25) is 5.02 Å². The highest BCUT2D eigenvalue weighted by Crippen LogP contribution is 2.31. The van der Waals surface area contributed by atoms with Gasteiger partial charge in [0.2, 0.25) is 0 Å². The maximum absolute atomic E-state index is 5.99. The highest BCUT2D eigenvalue weighted by molar-refractivity contribution is 9.10. The van der Waals surface area contributed by atoms with Crippen molar-refractivity contribution in [1.29, 1.82) is 0 Å². The van der Waals surface area contributed by atoms with Crippen molar-refractivity contribution in [2.75, 3.05) is 0 Å². The molecule has 0 amide bonds. The van der Waals surface area contributed by atoms with Gasteiger partial charge in [-0.15, -0.1) is 0 Å². The highest BCUT2D eigenvalue weighted by Gasteiger charge is 2.06. The summed E-state index contributed by atoms with van der Waals surface area (Å²) in [5, 5.41) is 7.59. The van der Waals surface area contributed by atoms with E-state index in [1.807, 2.05) is 25.1 Å². The Hall–Kier alpha value is -0.800. The number of aromatic amines is 1. The van der Waals surface area contributed by atoms with Crippen LogP contribution in [0, 0.1) is 6.92 Å². The predicted molar refractivity (Wildman–Crippen MR) is 61.5 cm³/mol. The Morgan fingerprint density at radius 1 is 1.43 bits per heavy atom. The number of aryl methyl sites for hydroxylation is 1. The predicted octanol–water partition coefficient (Wildman–Crippen LogP) is 3.80. The largest absolute Gasteiger partial charge is 0.278 e. The van der Waals surface area contributed by atoms with Crippen LogP contribution in [0.1, 0.15) is 5.56 Å². The summed E-state index contributed by atoms with van der Waals surface area (Å²) < 4.78 is 0.970. The number of benzene rings is 1. The Morgan fingerprint density at radius 3 is 2.86 bits per heavy atom. The van der Waals surface area contributed by atoms with E-state index in [9.17, 15) is 0 Å². The fourth-order valence-corrected chi connectivity index (χ4v) is 2.12. The Morgan fingerprint density at radius 2 is 2.21 bits per heavy atom. The molecule has 0 saturated carbocycles. The Labute approximate surface area is 95.4 Å². The second kappa shape index (κ2) is 3.75. The van der Waals surface area contributed by atoms with Crippen molar-refractivity contribution in [3.05, 3.63) is 39.5 Å². The molecular weight excluding hydrogens is 263 g/mol. The molecule has 0 unspecified atom stereocenters. The molecule has 1 heterocycles. The van der Waals surface area contributed by atoms with Crippen LogP contribution in [-0.2, 0) is 0 Å². The lowest BCUT2D eigenvalue weighted by Gasteiger charge is -2.05. The number of H-pyrrole nitrogens is 1. The van der Waals surface area contributed by atoms with Gasteiger partial charge >= 0.3 is 0 Å². The second-order valence-corrected chi connectivity index (χ2v) is 4.31. The van der Waals surface area contributed by atoms with E-state index in [2.05, 4.69) is 26.1 Å². The normalized spacial score (nSPS) is 10.5. The first-order valence-corrected chi connectivity index (χ1v) is 5.31. The van der Waals surface area contributed by atoms with E-state index >= 15 is 0 Å². The third-order valence-corrected chi connectivity index (χ3v) is 3.10. The fraction of sp³-hybridized carbons (Fsp3) is 0.100. The van der Waals surface area contributed by atoms with Crippen LogP contribution in [0.4, 0.5) is 0 Å². The number of halogens is 2. The van der Waals surface area contributed by atoms with Gasteiger partial charge in [-0.05, 0) is 30.7 Å². The van der Waals surface area contributed by atoms with E-state index in [1.165, 1.54) is 0 Å². The lowest BCUT2D eigenvalue weighted by atomic mass is 10.1. The van der Waals surface area contributed by atoms with E-state index in [0.717, 1.165) is 26.3 Å². The van der Waals surface area contributed by atoms with Crippen molar-refractivity contribution in [2.45, 2.75) is 6.92 Å². The molecule has 0 aliphatic heterocycles. The average Bonchev–Trinajstić information content (AvgIpc) is 2.64. The summed E-state index contributed by atoms with van der Waals surface area (Å²) in [6, 6.07) is 5.85. The van der Waals surface area contributed by atoms with Gasteiger partial charge in [0.05, 0.1) is 5.69 Å². The molecule has 2 rings (SSSR count). The first-order valence-electron chi connectivity index (χ1n) is 4.14. The van der Waals surface area contributed by atoms with Crippen molar-refractivity contribution in [2.24, 2.45) is 0 Å². The maximum Gasteiger partial charge on any atom is 0.0661 e. The zero-order valence-electron chi connectivity index (χ0n) is 7.51. The van der Waals surface area contributed by atoms with Crippen LogP contribution in [0.5, 0.6) is 0 Å². The van der Waals surface area contributed by atoms with Gasteiger partial charge in [0.1, 0.15) is 0 Å². The Bertz CT molecular complexity index is 451. The standard InChI is InChI=1S/C10H8BrClN2/c1-6-4-7(8(11)5-9(6)12)10-2-3-13-14-10/h2-5H,1H3,(H,13,14). The molecule has 0 aliphatic rings. The van der Waals surface area contributed by atoms with Crippen LogP contribution in [-0.4, -0.2) is 10.2 Å². The molecule has 72 valence electrons. The molecular formula is C10H8BrClN2. The summed E-state index contributed by atoms with van der Waals surface area (Å²) in [7, 11) is 0. The molecule has 0 atom stereocenters. The molecule has 0 radical (unpaired) electrons. The van der Waals surface area contributed by atoms with Crippen molar-refractivity contribution in [1.82, 2.24) is 10.2 Å². The molecule has 1 aromatic carbocycles.